The molecule has 12 heavy (non-hydrogen) atoms. The minimum atomic E-state index is 0.638. The Morgan fingerprint density at radius 1 is 1.50 bits per heavy atom. The Bertz CT molecular complexity index is 121. The van der Waals surface area contributed by atoms with Gasteiger partial charge in [0.1, 0.15) is 0 Å². The molecule has 0 radical (unpaired) electrons. The lowest BCUT2D eigenvalue weighted by Crippen LogP contribution is -2.37. The summed E-state index contributed by atoms with van der Waals surface area (Å²) in [4.78, 5) is 2.45. The van der Waals surface area contributed by atoms with Crippen molar-refractivity contribution in [2.45, 2.75) is 32.7 Å². The van der Waals surface area contributed by atoms with E-state index in [1.165, 1.54) is 25.9 Å². The smallest absolute Gasteiger partial charge is 0.0166 e. The number of nitrogens with one attached hydrogen (secondary N) is 1. The van der Waals surface area contributed by atoms with Crippen molar-refractivity contribution < 1.29 is 0 Å². The maximum Gasteiger partial charge on any atom is 0.0166 e. The zero-order chi connectivity index (χ0) is 8.97. The summed E-state index contributed by atoms with van der Waals surface area (Å²) < 4.78 is 0. The van der Waals surface area contributed by atoms with Crippen molar-refractivity contribution in [3.05, 3.63) is 0 Å². The van der Waals surface area contributed by atoms with Gasteiger partial charge in [-0.15, -0.1) is 0 Å². The first kappa shape index (κ1) is 10.0. The highest BCUT2D eigenvalue weighted by atomic mass is 15.1. The van der Waals surface area contributed by atoms with Gasteiger partial charge in [0.15, 0.2) is 0 Å². The highest BCUT2D eigenvalue weighted by molar-refractivity contribution is 4.77. The van der Waals surface area contributed by atoms with Crippen molar-refractivity contribution in [1.29, 1.82) is 0 Å². The first-order valence-electron chi connectivity index (χ1n) is 5.14. The zero-order valence-electron chi connectivity index (χ0n) is 8.64. The minimum absolute atomic E-state index is 0.638. The summed E-state index contributed by atoms with van der Waals surface area (Å²) in [5.74, 6) is 1.02. The molecule has 0 aromatic heterocycles. The lowest BCUT2D eigenvalue weighted by Gasteiger charge is -2.21. The van der Waals surface area contributed by atoms with Crippen molar-refractivity contribution in [2.75, 3.05) is 26.7 Å². The van der Waals surface area contributed by atoms with Crippen LogP contribution in [0.3, 0.4) is 0 Å². The molecular weight excluding hydrogens is 148 g/mol. The van der Waals surface area contributed by atoms with Gasteiger partial charge in [0.25, 0.3) is 0 Å². The van der Waals surface area contributed by atoms with Gasteiger partial charge in [-0.25, -0.2) is 0 Å². The van der Waals surface area contributed by atoms with E-state index >= 15 is 0 Å². The molecule has 1 saturated carbocycles. The monoisotopic (exact) mass is 170 g/mol. The van der Waals surface area contributed by atoms with Crippen LogP contribution < -0.4 is 5.32 Å². The minimum Gasteiger partial charge on any atom is -0.313 e. The molecule has 2 heteroatoms. The van der Waals surface area contributed by atoms with E-state index in [1.54, 1.807) is 0 Å². The molecule has 0 aromatic carbocycles. The van der Waals surface area contributed by atoms with Crippen LogP contribution in [0.25, 0.3) is 0 Å². The number of nitrogens with zero attached hydrogens (tertiary/aromatic N) is 1. The molecule has 1 aliphatic rings. The molecule has 1 unspecified atom stereocenters. The molecule has 1 N–H and O–H groups in total. The Balaban J connectivity index is 2.02. The van der Waals surface area contributed by atoms with E-state index in [9.17, 15) is 0 Å². The van der Waals surface area contributed by atoms with Crippen LogP contribution in [0, 0.1) is 5.92 Å². The fraction of sp³-hybridized carbons (Fsp3) is 1.00. The van der Waals surface area contributed by atoms with Crippen LogP contribution in [-0.4, -0.2) is 37.6 Å². The Kier molecular flexibility index (Phi) is 4.02. The topological polar surface area (TPSA) is 15.3 Å². The summed E-state index contributed by atoms with van der Waals surface area (Å²) in [6, 6.07) is 0.638. The van der Waals surface area contributed by atoms with Gasteiger partial charge in [0.05, 0.1) is 0 Å². The van der Waals surface area contributed by atoms with Crippen LogP contribution in [0.1, 0.15) is 26.7 Å². The number of likely N-dealkylation sites (N-methyl/N-ethyl adjacent to an activating group) is 2. The molecule has 0 amide bonds. The highest BCUT2D eigenvalue weighted by Gasteiger charge is 2.22. The average Bonchev–Trinajstić information content (AvgIpc) is 2.71. The summed E-state index contributed by atoms with van der Waals surface area (Å²) in [5.41, 5.74) is 0. The van der Waals surface area contributed by atoms with Gasteiger partial charge in [-0.2, -0.15) is 0 Å². The molecule has 0 saturated heterocycles. The van der Waals surface area contributed by atoms with Crippen molar-refractivity contribution in [1.82, 2.24) is 10.2 Å². The second-order valence-corrected chi connectivity index (χ2v) is 4.12. The first-order chi connectivity index (χ1) is 5.72. The predicted octanol–water partition coefficient (Wildman–Crippen LogP) is 1.33. The van der Waals surface area contributed by atoms with Crippen LogP contribution in [0.15, 0.2) is 0 Å². The van der Waals surface area contributed by atoms with Crippen LogP contribution in [0.4, 0.5) is 0 Å². The van der Waals surface area contributed by atoms with E-state index < -0.39 is 0 Å². The largest absolute Gasteiger partial charge is 0.313 e. The molecule has 1 aliphatic carbocycles. The average molecular weight is 170 g/mol. The molecule has 1 fully saturated rings. The Labute approximate surface area is 76.3 Å². The van der Waals surface area contributed by atoms with Crippen LogP contribution in [0.5, 0.6) is 0 Å². The molecule has 1 atom stereocenters. The van der Waals surface area contributed by atoms with Crippen molar-refractivity contribution >= 4 is 0 Å². The number of rotatable bonds is 6. The van der Waals surface area contributed by atoms with E-state index in [2.05, 4.69) is 31.1 Å². The summed E-state index contributed by atoms with van der Waals surface area (Å²) in [6.45, 7) is 7.99. The van der Waals surface area contributed by atoms with E-state index in [4.69, 9.17) is 0 Å². The SMILES string of the molecule is CCNC(C)CN(C)CC1CC1. The first-order valence-corrected chi connectivity index (χ1v) is 5.14. The summed E-state index contributed by atoms with van der Waals surface area (Å²) >= 11 is 0. The van der Waals surface area contributed by atoms with Crippen molar-refractivity contribution in [3.8, 4) is 0 Å². The van der Waals surface area contributed by atoms with Crippen LogP contribution in [-0.2, 0) is 0 Å². The van der Waals surface area contributed by atoms with Crippen LogP contribution in [0.2, 0.25) is 0 Å². The van der Waals surface area contributed by atoms with Gasteiger partial charge in [0.2, 0.25) is 0 Å². The Hall–Kier alpha value is -0.0800. The van der Waals surface area contributed by atoms with E-state index in [0.717, 1.165) is 12.5 Å². The normalized spacial score (nSPS) is 20.0. The van der Waals surface area contributed by atoms with Crippen molar-refractivity contribution in [2.24, 2.45) is 5.92 Å². The number of hydrogen-bond donors (Lipinski definition) is 1. The highest BCUT2D eigenvalue weighted by Crippen LogP contribution is 2.29. The van der Waals surface area contributed by atoms with Gasteiger partial charge in [-0.3, -0.25) is 0 Å². The van der Waals surface area contributed by atoms with E-state index in [0.29, 0.717) is 6.04 Å². The van der Waals surface area contributed by atoms with Crippen LogP contribution >= 0.6 is 0 Å². The molecule has 0 aliphatic heterocycles. The fourth-order valence-corrected chi connectivity index (χ4v) is 1.70. The molecule has 0 spiro atoms. The molecule has 0 aromatic rings. The number of hydrogen-bond acceptors (Lipinski definition) is 2. The Morgan fingerprint density at radius 3 is 2.67 bits per heavy atom. The van der Waals surface area contributed by atoms with Gasteiger partial charge in [-0.05, 0) is 39.3 Å². The third-order valence-corrected chi connectivity index (χ3v) is 2.40. The summed E-state index contributed by atoms with van der Waals surface area (Å²) in [7, 11) is 2.23. The molecule has 1 rings (SSSR count). The fourth-order valence-electron chi connectivity index (χ4n) is 1.70. The van der Waals surface area contributed by atoms with Gasteiger partial charge >= 0.3 is 0 Å². The summed E-state index contributed by atoms with van der Waals surface area (Å²) in [6.07, 6.45) is 2.92. The van der Waals surface area contributed by atoms with E-state index in [1.807, 2.05) is 0 Å². The molecule has 0 bridgehead atoms. The molecule has 72 valence electrons. The van der Waals surface area contributed by atoms with Gasteiger partial charge in [0, 0.05) is 19.1 Å². The molecular formula is C10H22N2. The molecule has 2 nitrogen and oxygen atoms in total. The predicted molar refractivity (Wildman–Crippen MR) is 53.4 cm³/mol. The Morgan fingerprint density at radius 2 is 2.17 bits per heavy atom. The standard InChI is InChI=1S/C10H22N2/c1-4-11-9(2)7-12(3)8-10-5-6-10/h9-11H,4-8H2,1-3H3. The quantitative estimate of drug-likeness (QED) is 0.647. The van der Waals surface area contributed by atoms with Crippen molar-refractivity contribution in [3.63, 3.8) is 0 Å². The second kappa shape index (κ2) is 4.83. The molecule has 0 heterocycles. The third-order valence-electron chi connectivity index (χ3n) is 2.40. The maximum atomic E-state index is 3.43. The lowest BCUT2D eigenvalue weighted by molar-refractivity contribution is 0.288. The lowest BCUT2D eigenvalue weighted by atomic mass is 10.3. The third kappa shape index (κ3) is 4.07. The maximum absolute atomic E-state index is 3.43. The van der Waals surface area contributed by atoms with Gasteiger partial charge < -0.3 is 10.2 Å². The summed E-state index contributed by atoms with van der Waals surface area (Å²) in [5, 5.41) is 3.43. The van der Waals surface area contributed by atoms with Gasteiger partial charge in [-0.1, -0.05) is 6.92 Å². The van der Waals surface area contributed by atoms with E-state index in [-0.39, 0.29) is 0 Å². The zero-order valence-corrected chi connectivity index (χ0v) is 8.64. The second-order valence-electron chi connectivity index (χ2n) is 4.12.